The Bertz CT molecular complexity index is 662. The lowest BCUT2D eigenvalue weighted by molar-refractivity contribution is 0.146. The van der Waals surface area contributed by atoms with Crippen LogP contribution in [0.5, 0.6) is 5.75 Å². The van der Waals surface area contributed by atoms with Crippen LogP contribution in [0.25, 0.3) is 0 Å². The predicted octanol–water partition coefficient (Wildman–Crippen LogP) is 2.14. The summed E-state index contributed by atoms with van der Waals surface area (Å²) >= 11 is 0. The molecule has 0 amide bonds. The smallest absolute Gasteiger partial charge is 0.280 e. The molecule has 2 aromatic heterocycles. The van der Waals surface area contributed by atoms with Crippen LogP contribution in [0.15, 0.2) is 30.9 Å². The van der Waals surface area contributed by atoms with Gasteiger partial charge in [0.25, 0.3) is 6.43 Å². The van der Waals surface area contributed by atoms with Gasteiger partial charge >= 0.3 is 0 Å². The lowest BCUT2D eigenvalue weighted by Crippen LogP contribution is -2.46. The minimum absolute atomic E-state index is 0.241. The summed E-state index contributed by atoms with van der Waals surface area (Å²) in [5, 5.41) is 0. The predicted molar refractivity (Wildman–Crippen MR) is 82.2 cm³/mol. The van der Waals surface area contributed by atoms with E-state index in [1.165, 1.54) is 12.4 Å². The molecule has 3 rings (SSSR count). The highest BCUT2D eigenvalue weighted by Crippen LogP contribution is 2.23. The second-order valence-electron chi connectivity index (χ2n) is 5.16. The van der Waals surface area contributed by atoms with Crippen molar-refractivity contribution >= 4 is 11.5 Å². The molecular formula is C15H17F2N5O. The Morgan fingerprint density at radius 1 is 1.04 bits per heavy atom. The Morgan fingerprint density at radius 3 is 2.48 bits per heavy atom. The third-order valence-corrected chi connectivity index (χ3v) is 3.80. The third-order valence-electron chi connectivity index (χ3n) is 3.80. The van der Waals surface area contributed by atoms with E-state index in [1.807, 2.05) is 11.0 Å². The number of rotatable bonds is 4. The molecule has 0 unspecified atom stereocenters. The van der Waals surface area contributed by atoms with Crippen LogP contribution in [0.2, 0.25) is 0 Å². The van der Waals surface area contributed by atoms with E-state index in [0.29, 0.717) is 24.7 Å². The quantitative estimate of drug-likeness (QED) is 0.860. The van der Waals surface area contributed by atoms with Crippen LogP contribution in [0.1, 0.15) is 12.1 Å². The lowest BCUT2D eigenvalue weighted by atomic mass is 10.2. The SMILES string of the molecule is COc1cncc(N2CCN(c3cc(C(F)F)ncn3)CC2)c1. The molecule has 0 bridgehead atoms. The first-order chi connectivity index (χ1) is 11.2. The summed E-state index contributed by atoms with van der Waals surface area (Å²) in [5.74, 6) is 1.25. The highest BCUT2D eigenvalue weighted by atomic mass is 19.3. The fourth-order valence-electron chi connectivity index (χ4n) is 2.54. The number of hydrogen-bond donors (Lipinski definition) is 0. The molecule has 0 spiro atoms. The van der Waals surface area contributed by atoms with Crippen molar-refractivity contribution in [2.24, 2.45) is 0 Å². The summed E-state index contributed by atoms with van der Waals surface area (Å²) in [6, 6.07) is 3.29. The number of hydrogen-bond acceptors (Lipinski definition) is 6. The van der Waals surface area contributed by atoms with Crippen molar-refractivity contribution in [3.05, 3.63) is 36.5 Å². The van der Waals surface area contributed by atoms with Crippen LogP contribution in [-0.2, 0) is 0 Å². The molecule has 2 aromatic rings. The van der Waals surface area contributed by atoms with Crippen LogP contribution in [0, 0.1) is 0 Å². The van der Waals surface area contributed by atoms with Crippen molar-refractivity contribution < 1.29 is 13.5 Å². The minimum atomic E-state index is -2.58. The first kappa shape index (κ1) is 15.4. The summed E-state index contributed by atoms with van der Waals surface area (Å²) in [4.78, 5) is 16.0. The Hall–Kier alpha value is -2.51. The molecule has 0 atom stereocenters. The Morgan fingerprint density at radius 2 is 1.78 bits per heavy atom. The number of halogens is 2. The number of nitrogens with zero attached hydrogens (tertiary/aromatic N) is 5. The number of alkyl halides is 2. The van der Waals surface area contributed by atoms with Crippen molar-refractivity contribution in [1.82, 2.24) is 15.0 Å². The highest BCUT2D eigenvalue weighted by molar-refractivity contribution is 5.50. The molecule has 8 heteroatoms. The number of aromatic nitrogens is 3. The van der Waals surface area contributed by atoms with Gasteiger partial charge in [0.2, 0.25) is 0 Å². The lowest BCUT2D eigenvalue weighted by Gasteiger charge is -2.36. The standard InChI is InChI=1S/C15H17F2N5O/c1-23-12-6-11(8-18-9-12)21-2-4-22(5-3-21)14-7-13(15(16)17)19-10-20-14/h6-10,15H,2-5H2,1H3. The molecule has 1 aliphatic rings. The number of pyridine rings is 1. The van der Waals surface area contributed by atoms with Crippen LogP contribution >= 0.6 is 0 Å². The van der Waals surface area contributed by atoms with Gasteiger partial charge in [-0.3, -0.25) is 4.98 Å². The molecule has 6 nitrogen and oxygen atoms in total. The molecule has 1 fully saturated rings. The van der Waals surface area contributed by atoms with E-state index in [-0.39, 0.29) is 5.69 Å². The molecule has 122 valence electrons. The van der Waals surface area contributed by atoms with Crippen molar-refractivity contribution in [2.45, 2.75) is 6.43 Å². The molecule has 0 radical (unpaired) electrons. The molecule has 0 aliphatic carbocycles. The molecule has 0 saturated carbocycles. The van der Waals surface area contributed by atoms with E-state index in [1.54, 1.807) is 19.5 Å². The topological polar surface area (TPSA) is 54.4 Å². The van der Waals surface area contributed by atoms with Gasteiger partial charge in [0.15, 0.2) is 0 Å². The Labute approximate surface area is 132 Å². The summed E-state index contributed by atoms with van der Waals surface area (Å²) < 4.78 is 30.7. The average Bonchev–Trinajstić information content (AvgIpc) is 2.62. The Kier molecular flexibility index (Phi) is 4.50. The van der Waals surface area contributed by atoms with Crippen LogP contribution in [0.4, 0.5) is 20.3 Å². The van der Waals surface area contributed by atoms with E-state index < -0.39 is 6.43 Å². The van der Waals surface area contributed by atoms with Gasteiger partial charge in [0, 0.05) is 38.3 Å². The van der Waals surface area contributed by atoms with E-state index in [0.717, 1.165) is 18.8 Å². The maximum Gasteiger partial charge on any atom is 0.280 e. The van der Waals surface area contributed by atoms with Gasteiger partial charge in [-0.25, -0.2) is 18.7 Å². The number of piperazine rings is 1. The van der Waals surface area contributed by atoms with E-state index in [4.69, 9.17) is 4.74 Å². The van der Waals surface area contributed by atoms with Gasteiger partial charge in [0.1, 0.15) is 23.6 Å². The van der Waals surface area contributed by atoms with Gasteiger partial charge < -0.3 is 14.5 Å². The van der Waals surface area contributed by atoms with Gasteiger partial charge in [-0.1, -0.05) is 0 Å². The van der Waals surface area contributed by atoms with Gasteiger partial charge in [0.05, 0.1) is 25.2 Å². The van der Waals surface area contributed by atoms with Crippen LogP contribution < -0.4 is 14.5 Å². The van der Waals surface area contributed by atoms with E-state index >= 15 is 0 Å². The van der Waals surface area contributed by atoms with Crippen LogP contribution in [-0.4, -0.2) is 48.2 Å². The molecule has 0 N–H and O–H groups in total. The van der Waals surface area contributed by atoms with Crippen molar-refractivity contribution in [3.8, 4) is 5.75 Å². The third kappa shape index (κ3) is 3.46. The van der Waals surface area contributed by atoms with Crippen molar-refractivity contribution in [3.63, 3.8) is 0 Å². The van der Waals surface area contributed by atoms with Gasteiger partial charge in [-0.05, 0) is 0 Å². The zero-order chi connectivity index (χ0) is 16.2. The minimum Gasteiger partial charge on any atom is -0.495 e. The number of anilines is 2. The number of ether oxygens (including phenoxy) is 1. The molecule has 23 heavy (non-hydrogen) atoms. The largest absolute Gasteiger partial charge is 0.495 e. The van der Waals surface area contributed by atoms with Gasteiger partial charge in [-0.15, -0.1) is 0 Å². The maximum atomic E-state index is 12.7. The summed E-state index contributed by atoms with van der Waals surface area (Å²) in [7, 11) is 1.61. The second-order valence-corrected chi connectivity index (χ2v) is 5.16. The van der Waals surface area contributed by atoms with E-state index in [9.17, 15) is 8.78 Å². The van der Waals surface area contributed by atoms with Gasteiger partial charge in [-0.2, -0.15) is 0 Å². The molecule has 3 heterocycles. The molecular weight excluding hydrogens is 304 g/mol. The fourth-order valence-corrected chi connectivity index (χ4v) is 2.54. The van der Waals surface area contributed by atoms with Crippen molar-refractivity contribution in [2.75, 3.05) is 43.1 Å². The first-order valence-corrected chi connectivity index (χ1v) is 7.26. The first-order valence-electron chi connectivity index (χ1n) is 7.26. The van der Waals surface area contributed by atoms with Crippen LogP contribution in [0.3, 0.4) is 0 Å². The maximum absolute atomic E-state index is 12.7. The van der Waals surface area contributed by atoms with E-state index in [2.05, 4.69) is 19.9 Å². The molecule has 0 aromatic carbocycles. The molecule has 1 aliphatic heterocycles. The fraction of sp³-hybridized carbons (Fsp3) is 0.400. The zero-order valence-corrected chi connectivity index (χ0v) is 12.7. The number of methoxy groups -OCH3 is 1. The summed E-state index contributed by atoms with van der Waals surface area (Å²) in [6.07, 6.45) is 2.06. The summed E-state index contributed by atoms with van der Waals surface area (Å²) in [5.41, 5.74) is 0.745. The zero-order valence-electron chi connectivity index (χ0n) is 12.7. The summed E-state index contributed by atoms with van der Waals surface area (Å²) in [6.45, 7) is 2.89. The highest BCUT2D eigenvalue weighted by Gasteiger charge is 2.20. The average molecular weight is 321 g/mol. The monoisotopic (exact) mass is 321 g/mol. The van der Waals surface area contributed by atoms with Crippen molar-refractivity contribution in [1.29, 1.82) is 0 Å². The second kappa shape index (κ2) is 6.72. The molecule has 1 saturated heterocycles. The Balaban J connectivity index is 1.67. The normalized spacial score (nSPS) is 15.1.